The van der Waals surface area contributed by atoms with Crippen molar-refractivity contribution in [2.75, 3.05) is 5.01 Å². The van der Waals surface area contributed by atoms with Crippen LogP contribution in [0, 0.1) is 6.92 Å². The molecule has 0 unspecified atom stereocenters. The number of para-hydroxylation sites is 1. The van der Waals surface area contributed by atoms with E-state index in [1.165, 1.54) is 5.01 Å². The lowest BCUT2D eigenvalue weighted by Crippen LogP contribution is -2.21. The minimum atomic E-state index is -0.167. The molecule has 0 atom stereocenters. The molecule has 0 bridgehead atoms. The molecule has 0 aliphatic carbocycles. The van der Waals surface area contributed by atoms with Crippen LogP contribution < -0.4 is 5.01 Å². The van der Waals surface area contributed by atoms with Gasteiger partial charge in [-0.05, 0) is 37.3 Å². The zero-order valence-electron chi connectivity index (χ0n) is 13.7. The fraction of sp³-hybridized carbons (Fsp3) is 0.0476. The Bertz CT molecular complexity index is 969. The Morgan fingerprint density at radius 2 is 1.60 bits per heavy atom. The summed E-state index contributed by atoms with van der Waals surface area (Å²) in [5, 5.41) is 6.02. The van der Waals surface area contributed by atoms with Gasteiger partial charge in [0.15, 0.2) is 0 Å². The molecule has 4 heteroatoms. The Labute approximate surface area is 145 Å². The van der Waals surface area contributed by atoms with Crippen molar-refractivity contribution < 1.29 is 9.21 Å². The average molecular weight is 328 g/mol. The number of carbonyl (C=O) groups excluding carboxylic acids is 1. The molecule has 122 valence electrons. The number of amides is 1. The molecular weight excluding hydrogens is 312 g/mol. The highest BCUT2D eigenvalue weighted by molar-refractivity contribution is 6.37. The standard InChI is InChI=1S/C21H16N2O2/c1-15-12-13-18(25-15)14-19-20(16-8-4-2-5-9-16)22-23(21(19)24)17-10-6-3-7-11-17/h2-14H,1H3/b19-14-. The number of hydrazone groups is 1. The molecule has 0 saturated heterocycles. The highest BCUT2D eigenvalue weighted by Crippen LogP contribution is 2.27. The van der Waals surface area contributed by atoms with Gasteiger partial charge in [0.1, 0.15) is 17.2 Å². The van der Waals surface area contributed by atoms with Gasteiger partial charge in [-0.15, -0.1) is 0 Å². The van der Waals surface area contributed by atoms with Crippen LogP contribution in [-0.4, -0.2) is 11.6 Å². The molecule has 1 aliphatic heterocycles. The van der Waals surface area contributed by atoms with Crippen molar-refractivity contribution in [2.24, 2.45) is 5.10 Å². The van der Waals surface area contributed by atoms with E-state index in [1.54, 1.807) is 6.08 Å². The molecule has 1 aliphatic rings. The summed E-state index contributed by atoms with van der Waals surface area (Å²) in [6.45, 7) is 1.88. The van der Waals surface area contributed by atoms with Crippen LogP contribution in [0.2, 0.25) is 0 Å². The molecule has 1 aromatic heterocycles. The molecule has 4 rings (SSSR count). The van der Waals surface area contributed by atoms with Crippen LogP contribution >= 0.6 is 0 Å². The van der Waals surface area contributed by atoms with Crippen molar-refractivity contribution in [3.63, 3.8) is 0 Å². The Morgan fingerprint density at radius 1 is 0.920 bits per heavy atom. The van der Waals surface area contributed by atoms with Crippen molar-refractivity contribution in [1.82, 2.24) is 0 Å². The van der Waals surface area contributed by atoms with E-state index in [2.05, 4.69) is 5.10 Å². The van der Waals surface area contributed by atoms with Crippen LogP contribution in [0.3, 0.4) is 0 Å². The second kappa shape index (κ2) is 6.24. The topological polar surface area (TPSA) is 45.8 Å². The van der Waals surface area contributed by atoms with Gasteiger partial charge in [-0.1, -0.05) is 48.5 Å². The fourth-order valence-electron chi connectivity index (χ4n) is 2.77. The molecule has 2 aromatic carbocycles. The maximum Gasteiger partial charge on any atom is 0.281 e. The zero-order chi connectivity index (χ0) is 17.2. The van der Waals surface area contributed by atoms with Gasteiger partial charge in [0.05, 0.1) is 11.3 Å². The van der Waals surface area contributed by atoms with Crippen LogP contribution in [0.4, 0.5) is 5.69 Å². The summed E-state index contributed by atoms with van der Waals surface area (Å²) in [4.78, 5) is 13.0. The second-order valence-electron chi connectivity index (χ2n) is 5.77. The molecule has 0 radical (unpaired) electrons. The summed E-state index contributed by atoms with van der Waals surface area (Å²) in [5.74, 6) is 1.27. The monoisotopic (exact) mass is 328 g/mol. The highest BCUT2D eigenvalue weighted by atomic mass is 16.3. The van der Waals surface area contributed by atoms with Crippen LogP contribution in [0.5, 0.6) is 0 Å². The Balaban J connectivity index is 1.83. The number of hydrogen-bond acceptors (Lipinski definition) is 3. The second-order valence-corrected chi connectivity index (χ2v) is 5.77. The number of benzene rings is 2. The molecule has 1 amide bonds. The van der Waals surface area contributed by atoms with Crippen LogP contribution in [0.1, 0.15) is 17.1 Å². The molecule has 0 N–H and O–H groups in total. The van der Waals surface area contributed by atoms with E-state index < -0.39 is 0 Å². The largest absolute Gasteiger partial charge is 0.462 e. The summed E-state index contributed by atoms with van der Waals surface area (Å²) >= 11 is 0. The number of furan rings is 1. The Hall–Kier alpha value is -3.40. The van der Waals surface area contributed by atoms with E-state index in [0.717, 1.165) is 17.0 Å². The van der Waals surface area contributed by atoms with Crippen molar-refractivity contribution >= 4 is 23.4 Å². The summed E-state index contributed by atoms with van der Waals surface area (Å²) in [6, 6.07) is 22.8. The Morgan fingerprint density at radius 3 is 2.24 bits per heavy atom. The normalized spacial score (nSPS) is 15.7. The predicted molar refractivity (Wildman–Crippen MR) is 98.3 cm³/mol. The van der Waals surface area contributed by atoms with E-state index in [9.17, 15) is 4.79 Å². The van der Waals surface area contributed by atoms with Gasteiger partial charge in [-0.3, -0.25) is 4.79 Å². The minimum absolute atomic E-state index is 0.167. The van der Waals surface area contributed by atoms with Gasteiger partial charge in [-0.2, -0.15) is 10.1 Å². The van der Waals surface area contributed by atoms with Crippen molar-refractivity contribution in [2.45, 2.75) is 6.92 Å². The average Bonchev–Trinajstić information content (AvgIpc) is 3.21. The van der Waals surface area contributed by atoms with Gasteiger partial charge in [0.25, 0.3) is 5.91 Å². The maximum absolute atomic E-state index is 13.0. The minimum Gasteiger partial charge on any atom is -0.462 e. The van der Waals surface area contributed by atoms with E-state index in [4.69, 9.17) is 4.42 Å². The first-order valence-corrected chi connectivity index (χ1v) is 8.04. The number of carbonyl (C=O) groups is 1. The van der Waals surface area contributed by atoms with Gasteiger partial charge in [0.2, 0.25) is 0 Å². The third-order valence-corrected chi connectivity index (χ3v) is 3.97. The first-order chi connectivity index (χ1) is 12.2. The molecular formula is C21H16N2O2. The summed E-state index contributed by atoms with van der Waals surface area (Å²) in [6.07, 6.45) is 1.75. The van der Waals surface area contributed by atoms with Gasteiger partial charge in [0, 0.05) is 5.56 Å². The summed E-state index contributed by atoms with van der Waals surface area (Å²) in [5.41, 5.74) is 2.79. The summed E-state index contributed by atoms with van der Waals surface area (Å²) in [7, 11) is 0. The third-order valence-electron chi connectivity index (χ3n) is 3.97. The van der Waals surface area contributed by atoms with Crippen LogP contribution in [0.15, 0.2) is 87.9 Å². The Kier molecular flexibility index (Phi) is 3.78. The van der Waals surface area contributed by atoms with Crippen molar-refractivity contribution in [3.05, 3.63) is 95.5 Å². The molecule has 4 nitrogen and oxygen atoms in total. The van der Waals surface area contributed by atoms with E-state index >= 15 is 0 Å². The first-order valence-electron chi connectivity index (χ1n) is 8.04. The number of rotatable bonds is 3. The fourth-order valence-corrected chi connectivity index (χ4v) is 2.77. The third kappa shape index (κ3) is 2.90. The highest BCUT2D eigenvalue weighted by Gasteiger charge is 2.32. The SMILES string of the molecule is Cc1ccc(/C=C2\C(=O)N(c3ccccc3)N=C2c2ccccc2)o1. The first kappa shape index (κ1) is 15.1. The van der Waals surface area contributed by atoms with Gasteiger partial charge in [-0.25, -0.2) is 0 Å². The van der Waals surface area contributed by atoms with E-state index in [-0.39, 0.29) is 5.91 Å². The number of nitrogens with zero attached hydrogens (tertiary/aromatic N) is 2. The predicted octanol–water partition coefficient (Wildman–Crippen LogP) is 4.42. The van der Waals surface area contributed by atoms with E-state index in [0.29, 0.717) is 17.0 Å². The van der Waals surface area contributed by atoms with Gasteiger partial charge < -0.3 is 4.42 Å². The molecule has 3 aromatic rings. The van der Waals surface area contributed by atoms with Crippen LogP contribution in [0.25, 0.3) is 6.08 Å². The van der Waals surface area contributed by atoms with Crippen LogP contribution in [-0.2, 0) is 4.79 Å². The number of anilines is 1. The molecule has 0 saturated carbocycles. The molecule has 2 heterocycles. The number of aryl methyl sites for hydroxylation is 1. The lowest BCUT2D eigenvalue weighted by Gasteiger charge is -2.10. The maximum atomic E-state index is 13.0. The lowest BCUT2D eigenvalue weighted by molar-refractivity contribution is -0.114. The lowest BCUT2D eigenvalue weighted by atomic mass is 10.0. The molecule has 0 spiro atoms. The molecule has 0 fully saturated rings. The number of hydrogen-bond donors (Lipinski definition) is 0. The molecule has 25 heavy (non-hydrogen) atoms. The van der Waals surface area contributed by atoms with E-state index in [1.807, 2.05) is 79.7 Å². The quantitative estimate of drug-likeness (QED) is 0.668. The summed E-state index contributed by atoms with van der Waals surface area (Å²) < 4.78 is 5.62. The smallest absolute Gasteiger partial charge is 0.281 e. The van der Waals surface area contributed by atoms with Crippen molar-refractivity contribution in [3.8, 4) is 0 Å². The van der Waals surface area contributed by atoms with Crippen molar-refractivity contribution in [1.29, 1.82) is 0 Å². The zero-order valence-corrected chi connectivity index (χ0v) is 13.7. The van der Waals surface area contributed by atoms with Gasteiger partial charge >= 0.3 is 0 Å².